The van der Waals surface area contributed by atoms with Crippen LogP contribution in [0.5, 0.6) is 23.0 Å². The van der Waals surface area contributed by atoms with Crippen LogP contribution >= 0.6 is 23.2 Å². The second-order valence-electron chi connectivity index (χ2n) is 16.5. The predicted molar refractivity (Wildman–Crippen MR) is 239 cm³/mol. The van der Waals surface area contributed by atoms with Gasteiger partial charge >= 0.3 is 11.9 Å². The van der Waals surface area contributed by atoms with Crippen molar-refractivity contribution in [3.8, 4) is 23.0 Å². The summed E-state index contributed by atoms with van der Waals surface area (Å²) in [6.07, 6.45) is 17.6. The molecule has 0 saturated heterocycles. The summed E-state index contributed by atoms with van der Waals surface area (Å²) in [6.45, 7) is 4.78. The van der Waals surface area contributed by atoms with Crippen molar-refractivity contribution in [1.29, 1.82) is 0 Å². The van der Waals surface area contributed by atoms with Crippen LogP contribution in [0.1, 0.15) is 128 Å². The van der Waals surface area contributed by atoms with Gasteiger partial charge in [0.05, 0.1) is 17.5 Å². The monoisotopic (exact) mass is 854 g/mol. The highest BCUT2D eigenvalue weighted by Crippen LogP contribution is 2.47. The highest BCUT2D eigenvalue weighted by Gasteiger charge is 2.30. The molecule has 0 amide bonds. The molecule has 4 aromatic carbocycles. The van der Waals surface area contributed by atoms with Crippen LogP contribution in [-0.2, 0) is 22.8 Å². The van der Waals surface area contributed by atoms with Gasteiger partial charge in [0.1, 0.15) is 24.7 Å². The van der Waals surface area contributed by atoms with E-state index in [0.29, 0.717) is 33.1 Å². The van der Waals surface area contributed by atoms with Crippen molar-refractivity contribution in [2.24, 2.45) is 33.9 Å². The number of rotatable bonds is 20. The van der Waals surface area contributed by atoms with E-state index >= 15 is 0 Å². The van der Waals surface area contributed by atoms with Gasteiger partial charge in [-0.1, -0.05) is 113 Å². The molecule has 4 aromatic rings. The minimum absolute atomic E-state index is 0.0632. The fraction of sp³-hybridized carbons (Fsp3) is 0.480. The molecule has 2 aliphatic rings. The third kappa shape index (κ3) is 13.8. The molecule has 0 N–H and O–H groups in total. The maximum atomic E-state index is 13.7. The van der Waals surface area contributed by atoms with Gasteiger partial charge < -0.3 is 18.9 Å². The van der Waals surface area contributed by atoms with E-state index < -0.39 is 0 Å². The second-order valence-corrected chi connectivity index (χ2v) is 17.4. The minimum Gasteiger partial charge on any atom is -0.483 e. The molecule has 320 valence electrons. The minimum atomic E-state index is -0.271. The Bertz CT molecular complexity index is 1970. The summed E-state index contributed by atoms with van der Waals surface area (Å²) in [5.74, 6) is 1.95. The van der Waals surface area contributed by atoms with E-state index in [9.17, 15) is 9.59 Å². The molecule has 0 atom stereocenters. The first-order chi connectivity index (χ1) is 29.3. The SMILES string of the molecule is CCCCCC1CCC(C(=O)Oc2ccc(N=Nc3ccc(OC(=O)C4CCC(CCCCC)CC4)c(OCc4ccc(Cl)cc4)c3OCc3ccc(Cl)cc3)cc2)CC1. The third-order valence-electron chi connectivity index (χ3n) is 12.0. The van der Waals surface area contributed by atoms with Crippen LogP contribution in [0, 0.1) is 23.7 Å². The van der Waals surface area contributed by atoms with Crippen LogP contribution < -0.4 is 18.9 Å². The standard InChI is InChI=1S/C50H60Cl2N2O6/c1-3-5-7-9-35-11-19-39(20-12-35)49(55)59-44-29-27-43(28-30-44)53-54-45-31-32-46(60-50(56)40-21-13-36(14-22-40)10-8-6-4-2)48(58-34-38-17-25-42(52)26-18-38)47(45)57-33-37-15-23-41(51)24-16-37/h15-18,23-32,35-36,39-40H,3-14,19-22,33-34H2,1-2H3. The Kier molecular flexibility index (Phi) is 17.7. The number of azo groups is 1. The summed E-state index contributed by atoms with van der Waals surface area (Å²) >= 11 is 12.4. The number of carbonyl (C=O) groups is 2. The van der Waals surface area contributed by atoms with Gasteiger partial charge in [-0.2, -0.15) is 5.11 Å². The molecule has 2 saturated carbocycles. The average Bonchev–Trinajstić information content (AvgIpc) is 3.27. The van der Waals surface area contributed by atoms with Gasteiger partial charge in [0.2, 0.25) is 5.75 Å². The Morgan fingerprint density at radius 3 is 1.53 bits per heavy atom. The quantitative estimate of drug-likeness (QED) is 0.0380. The zero-order valence-corrected chi connectivity index (χ0v) is 36.7. The maximum Gasteiger partial charge on any atom is 0.314 e. The first kappa shape index (κ1) is 45.1. The summed E-state index contributed by atoms with van der Waals surface area (Å²) in [7, 11) is 0. The summed E-state index contributed by atoms with van der Waals surface area (Å²) < 4.78 is 24.9. The largest absolute Gasteiger partial charge is 0.483 e. The molecule has 0 aromatic heterocycles. The van der Waals surface area contributed by atoms with E-state index in [-0.39, 0.29) is 54.2 Å². The molecule has 0 aliphatic heterocycles. The zero-order chi connectivity index (χ0) is 42.1. The van der Waals surface area contributed by atoms with Crippen LogP contribution in [-0.4, -0.2) is 11.9 Å². The topological polar surface area (TPSA) is 95.8 Å². The maximum absolute atomic E-state index is 13.7. The molecule has 2 aliphatic carbocycles. The average molecular weight is 856 g/mol. The molecule has 0 unspecified atom stereocenters. The lowest BCUT2D eigenvalue weighted by Gasteiger charge is -2.27. The zero-order valence-electron chi connectivity index (χ0n) is 35.2. The number of benzene rings is 4. The number of halogens is 2. The molecule has 60 heavy (non-hydrogen) atoms. The van der Waals surface area contributed by atoms with Gasteiger partial charge in [-0.3, -0.25) is 9.59 Å². The molecule has 8 nitrogen and oxygen atoms in total. The first-order valence-corrected chi connectivity index (χ1v) is 22.9. The van der Waals surface area contributed by atoms with Crippen LogP contribution in [0.2, 0.25) is 10.0 Å². The fourth-order valence-electron chi connectivity index (χ4n) is 8.27. The van der Waals surface area contributed by atoms with E-state index in [4.69, 9.17) is 42.1 Å². The van der Waals surface area contributed by atoms with Gasteiger partial charge in [0.15, 0.2) is 11.5 Å². The van der Waals surface area contributed by atoms with Crippen molar-refractivity contribution >= 4 is 46.5 Å². The Morgan fingerprint density at radius 2 is 1.03 bits per heavy atom. The Labute approximate surface area is 366 Å². The molecule has 0 bridgehead atoms. The van der Waals surface area contributed by atoms with Gasteiger partial charge in [0, 0.05) is 10.0 Å². The van der Waals surface area contributed by atoms with Gasteiger partial charge in [-0.25, -0.2) is 0 Å². The molecule has 2 fully saturated rings. The number of ether oxygens (including phenoxy) is 4. The molecule has 6 rings (SSSR count). The van der Waals surface area contributed by atoms with Crippen LogP contribution in [0.4, 0.5) is 11.4 Å². The van der Waals surface area contributed by atoms with Gasteiger partial charge in [0.25, 0.3) is 0 Å². The normalized spacial score (nSPS) is 19.2. The van der Waals surface area contributed by atoms with Crippen molar-refractivity contribution in [2.75, 3.05) is 0 Å². The van der Waals surface area contributed by atoms with Crippen molar-refractivity contribution in [2.45, 2.75) is 130 Å². The summed E-state index contributed by atoms with van der Waals surface area (Å²) in [5.41, 5.74) is 2.66. The molecule has 0 heterocycles. The smallest absolute Gasteiger partial charge is 0.314 e. The van der Waals surface area contributed by atoms with E-state index in [1.807, 2.05) is 24.3 Å². The molecule has 0 radical (unpaired) electrons. The van der Waals surface area contributed by atoms with Crippen molar-refractivity contribution < 1.29 is 28.5 Å². The molecule has 10 heteroatoms. The number of nitrogens with zero attached hydrogens (tertiary/aromatic N) is 2. The number of unbranched alkanes of at least 4 members (excludes halogenated alkanes) is 4. The lowest BCUT2D eigenvalue weighted by Crippen LogP contribution is -2.26. The van der Waals surface area contributed by atoms with Crippen molar-refractivity contribution in [1.82, 2.24) is 0 Å². The van der Waals surface area contributed by atoms with Crippen LogP contribution in [0.3, 0.4) is 0 Å². The Hall–Kier alpha value is -4.40. The number of esters is 2. The molecule has 0 spiro atoms. The van der Waals surface area contributed by atoms with Crippen LogP contribution in [0.15, 0.2) is 95.2 Å². The lowest BCUT2D eigenvalue weighted by atomic mass is 9.80. The van der Waals surface area contributed by atoms with Gasteiger partial charge in [-0.15, -0.1) is 5.11 Å². The predicted octanol–water partition coefficient (Wildman–Crippen LogP) is 15.2. The summed E-state index contributed by atoms with van der Waals surface area (Å²) in [6, 6.07) is 25.1. The number of hydrogen-bond donors (Lipinski definition) is 0. The lowest BCUT2D eigenvalue weighted by molar-refractivity contribution is -0.141. The summed E-state index contributed by atoms with van der Waals surface area (Å²) in [5, 5.41) is 10.4. The fourth-order valence-corrected chi connectivity index (χ4v) is 8.52. The highest BCUT2D eigenvalue weighted by molar-refractivity contribution is 6.30. The summed E-state index contributed by atoms with van der Waals surface area (Å²) in [4.78, 5) is 26.8. The molecular weight excluding hydrogens is 795 g/mol. The van der Waals surface area contributed by atoms with E-state index in [1.54, 1.807) is 60.7 Å². The third-order valence-corrected chi connectivity index (χ3v) is 12.5. The second kappa shape index (κ2) is 23.6. The van der Waals surface area contributed by atoms with E-state index in [2.05, 4.69) is 24.1 Å². The van der Waals surface area contributed by atoms with E-state index in [0.717, 1.165) is 68.4 Å². The Morgan fingerprint density at radius 1 is 0.550 bits per heavy atom. The Balaban J connectivity index is 1.20. The van der Waals surface area contributed by atoms with Crippen molar-refractivity contribution in [3.05, 3.63) is 106 Å². The number of carbonyl (C=O) groups excluding carboxylic acids is 2. The van der Waals surface area contributed by atoms with Crippen LogP contribution in [0.25, 0.3) is 0 Å². The number of hydrogen-bond acceptors (Lipinski definition) is 8. The molecular formula is C50H60Cl2N2O6. The van der Waals surface area contributed by atoms with Crippen molar-refractivity contribution in [3.63, 3.8) is 0 Å². The highest BCUT2D eigenvalue weighted by atomic mass is 35.5. The van der Waals surface area contributed by atoms with E-state index in [1.165, 1.54) is 51.4 Å². The van der Waals surface area contributed by atoms with Gasteiger partial charge in [-0.05, 0) is 135 Å². The first-order valence-electron chi connectivity index (χ1n) is 22.1.